The number of aliphatic hydroxyl groups is 1. The number of rotatable bonds is 6. The minimum absolute atomic E-state index is 0.0693. The summed E-state index contributed by atoms with van der Waals surface area (Å²) in [7, 11) is -3.49. The second-order valence-electron chi connectivity index (χ2n) is 9.25. The monoisotopic (exact) mass is 513 g/mol. The number of hydrogen-bond donors (Lipinski definition) is 3. The molecule has 5 rings (SSSR count). The standard InChI is InChI=1S/C27H29F2N3O3S/c28-27(29)35-20-14-16-21(17-15-20)36(30,34)31-22-8-5-11-25(26(22)33)32-23-9-3-1-6-18(23)12-13-19-7-2-4-10-24(19)32/h1-4,6-7,9-10,14-17,22,25-27,33H,5,8,11-13H2,(H2,30,31,34). The summed E-state index contributed by atoms with van der Waals surface area (Å²) < 4.78 is 53.9. The Morgan fingerprint density at radius 2 is 1.53 bits per heavy atom. The van der Waals surface area contributed by atoms with Crippen molar-refractivity contribution in [1.29, 1.82) is 4.78 Å². The van der Waals surface area contributed by atoms with E-state index in [2.05, 4.69) is 38.6 Å². The summed E-state index contributed by atoms with van der Waals surface area (Å²) in [5.41, 5.74) is 4.56. The third kappa shape index (κ3) is 4.96. The van der Waals surface area contributed by atoms with Crippen molar-refractivity contribution in [3.8, 4) is 5.75 Å². The van der Waals surface area contributed by atoms with Crippen LogP contribution in [-0.4, -0.2) is 34.1 Å². The number of ether oxygens (including phenoxy) is 1. The van der Waals surface area contributed by atoms with Crippen LogP contribution in [0, 0.1) is 4.78 Å². The molecule has 1 heterocycles. The Balaban J connectivity index is 1.42. The first-order chi connectivity index (χ1) is 17.3. The smallest absolute Gasteiger partial charge is 0.387 e. The fraction of sp³-hybridized carbons (Fsp3) is 0.333. The Morgan fingerprint density at radius 1 is 0.944 bits per heavy atom. The molecule has 3 aromatic carbocycles. The van der Waals surface area contributed by atoms with Crippen molar-refractivity contribution in [2.24, 2.45) is 0 Å². The summed E-state index contributed by atoms with van der Waals surface area (Å²) in [6.07, 6.45) is 3.03. The molecule has 4 unspecified atom stereocenters. The number of fused-ring (bicyclic) bond motifs is 2. The van der Waals surface area contributed by atoms with Gasteiger partial charge < -0.3 is 14.7 Å². The summed E-state index contributed by atoms with van der Waals surface area (Å²) in [5.74, 6) is -0.0693. The Bertz CT molecular complexity index is 1270. The lowest BCUT2D eigenvalue weighted by molar-refractivity contribution is -0.0498. The quantitative estimate of drug-likeness (QED) is 0.411. The molecule has 190 valence electrons. The van der Waals surface area contributed by atoms with Crippen LogP contribution in [0.5, 0.6) is 5.75 Å². The number of anilines is 2. The Morgan fingerprint density at radius 3 is 2.11 bits per heavy atom. The number of alkyl halides is 2. The lowest BCUT2D eigenvalue weighted by Gasteiger charge is -2.43. The van der Waals surface area contributed by atoms with Gasteiger partial charge in [0.1, 0.15) is 15.7 Å². The SMILES string of the molecule is N=S(=O)(NC1CCCC(N2c3ccccc3CCc3ccccc32)C1O)c1ccc(OC(F)F)cc1. The van der Waals surface area contributed by atoms with Crippen LogP contribution in [0.4, 0.5) is 20.2 Å². The van der Waals surface area contributed by atoms with Crippen LogP contribution in [0.15, 0.2) is 77.7 Å². The van der Waals surface area contributed by atoms with Gasteiger partial charge >= 0.3 is 6.61 Å². The van der Waals surface area contributed by atoms with E-state index in [1.807, 2.05) is 24.3 Å². The lowest BCUT2D eigenvalue weighted by atomic mass is 9.86. The van der Waals surface area contributed by atoms with Gasteiger partial charge in [-0.15, -0.1) is 0 Å². The largest absolute Gasteiger partial charge is 0.435 e. The second kappa shape index (κ2) is 10.2. The number of benzene rings is 3. The van der Waals surface area contributed by atoms with Crippen LogP contribution >= 0.6 is 0 Å². The first-order valence-corrected chi connectivity index (χ1v) is 13.6. The molecule has 0 amide bonds. The van der Waals surface area contributed by atoms with E-state index in [9.17, 15) is 18.1 Å². The minimum atomic E-state index is -3.49. The van der Waals surface area contributed by atoms with Gasteiger partial charge in [0.15, 0.2) is 0 Å². The minimum Gasteiger partial charge on any atom is -0.435 e. The molecule has 4 atom stereocenters. The first-order valence-electron chi connectivity index (χ1n) is 12.1. The molecule has 6 nitrogen and oxygen atoms in total. The van der Waals surface area contributed by atoms with Gasteiger partial charge in [-0.1, -0.05) is 36.4 Å². The highest BCUT2D eigenvalue weighted by Crippen LogP contribution is 2.41. The molecule has 1 aliphatic carbocycles. The molecule has 1 saturated carbocycles. The van der Waals surface area contributed by atoms with Crippen molar-refractivity contribution in [3.05, 3.63) is 83.9 Å². The predicted octanol–water partition coefficient (Wildman–Crippen LogP) is 5.42. The molecule has 0 radical (unpaired) electrons. The van der Waals surface area contributed by atoms with Gasteiger partial charge in [0.2, 0.25) is 0 Å². The maximum Gasteiger partial charge on any atom is 0.387 e. The van der Waals surface area contributed by atoms with E-state index in [1.54, 1.807) is 0 Å². The normalized spacial score (nSPS) is 23.3. The van der Waals surface area contributed by atoms with Gasteiger partial charge in [-0.25, -0.2) is 13.7 Å². The molecule has 0 aromatic heterocycles. The summed E-state index contributed by atoms with van der Waals surface area (Å²) in [6, 6.07) is 20.8. The van der Waals surface area contributed by atoms with E-state index in [0.29, 0.717) is 6.42 Å². The molecule has 0 bridgehead atoms. The summed E-state index contributed by atoms with van der Waals surface area (Å²) >= 11 is 0. The Hall–Kier alpha value is -3.01. The molecule has 1 aliphatic heterocycles. The fourth-order valence-electron chi connectivity index (χ4n) is 5.33. The van der Waals surface area contributed by atoms with Gasteiger partial charge in [-0.2, -0.15) is 8.78 Å². The number of aliphatic hydroxyl groups excluding tert-OH is 1. The van der Waals surface area contributed by atoms with E-state index >= 15 is 0 Å². The van der Waals surface area contributed by atoms with Gasteiger partial charge in [0.05, 0.1) is 17.0 Å². The summed E-state index contributed by atoms with van der Waals surface area (Å²) in [6.45, 7) is -2.96. The third-order valence-corrected chi connectivity index (χ3v) is 8.59. The van der Waals surface area contributed by atoms with Crippen LogP contribution in [0.1, 0.15) is 30.4 Å². The topological polar surface area (TPSA) is 85.7 Å². The van der Waals surface area contributed by atoms with Crippen LogP contribution in [0.3, 0.4) is 0 Å². The van der Waals surface area contributed by atoms with E-state index in [1.165, 1.54) is 35.4 Å². The highest BCUT2D eigenvalue weighted by Gasteiger charge is 2.39. The van der Waals surface area contributed by atoms with E-state index in [4.69, 9.17) is 4.78 Å². The zero-order valence-electron chi connectivity index (χ0n) is 19.6. The first kappa shape index (κ1) is 24.7. The average molecular weight is 514 g/mol. The third-order valence-electron chi connectivity index (χ3n) is 7.02. The average Bonchev–Trinajstić information content (AvgIpc) is 3.02. The number of nitrogens with zero attached hydrogens (tertiary/aromatic N) is 1. The molecule has 0 spiro atoms. The van der Waals surface area contributed by atoms with Crippen LogP contribution in [0.25, 0.3) is 0 Å². The summed E-state index contributed by atoms with van der Waals surface area (Å²) in [4.78, 5) is 2.36. The van der Waals surface area contributed by atoms with Gasteiger partial charge in [-0.3, -0.25) is 0 Å². The molecule has 36 heavy (non-hydrogen) atoms. The number of halogens is 2. The molecule has 3 N–H and O–H groups in total. The Labute approximate surface area is 210 Å². The number of para-hydroxylation sites is 2. The van der Waals surface area contributed by atoms with E-state index < -0.39 is 28.7 Å². The highest BCUT2D eigenvalue weighted by molar-refractivity contribution is 7.90. The van der Waals surface area contributed by atoms with Crippen LogP contribution < -0.4 is 14.4 Å². The second-order valence-corrected chi connectivity index (χ2v) is 11.1. The van der Waals surface area contributed by atoms with Crippen molar-refractivity contribution in [3.63, 3.8) is 0 Å². The van der Waals surface area contributed by atoms with Gasteiger partial charge in [0, 0.05) is 17.4 Å². The number of nitrogens with one attached hydrogen (secondary N) is 2. The lowest BCUT2D eigenvalue weighted by Crippen LogP contribution is -2.55. The molecule has 9 heteroatoms. The van der Waals surface area contributed by atoms with Crippen molar-refractivity contribution < 1.29 is 22.8 Å². The van der Waals surface area contributed by atoms with Crippen LogP contribution in [0.2, 0.25) is 0 Å². The zero-order chi connectivity index (χ0) is 25.3. The predicted molar refractivity (Wildman–Crippen MR) is 135 cm³/mol. The number of aryl methyl sites for hydroxylation is 2. The number of hydrogen-bond acceptors (Lipinski definition) is 5. The fourth-order valence-corrected chi connectivity index (χ4v) is 6.67. The van der Waals surface area contributed by atoms with Crippen molar-refractivity contribution in [1.82, 2.24) is 4.72 Å². The molecule has 0 saturated heterocycles. The molecular weight excluding hydrogens is 484 g/mol. The zero-order valence-corrected chi connectivity index (χ0v) is 20.5. The van der Waals surface area contributed by atoms with E-state index in [0.717, 1.165) is 37.1 Å². The molecule has 2 aliphatic rings. The highest BCUT2D eigenvalue weighted by atomic mass is 32.2. The molecule has 3 aromatic rings. The molecule has 1 fully saturated rings. The maximum absolute atomic E-state index is 13.3. The van der Waals surface area contributed by atoms with Crippen molar-refractivity contribution in [2.75, 3.05) is 4.90 Å². The van der Waals surface area contributed by atoms with Crippen molar-refractivity contribution >= 4 is 21.3 Å². The van der Waals surface area contributed by atoms with Crippen LogP contribution in [-0.2, 0) is 22.8 Å². The summed E-state index contributed by atoms with van der Waals surface area (Å²) in [5, 5.41) is 11.6. The van der Waals surface area contributed by atoms with E-state index in [-0.39, 0.29) is 16.7 Å². The Kier molecular flexibility index (Phi) is 6.96. The molecular formula is C27H29F2N3O3S. The van der Waals surface area contributed by atoms with Gasteiger partial charge in [-0.05, 0) is 79.6 Å². The maximum atomic E-state index is 13.3. The van der Waals surface area contributed by atoms with Gasteiger partial charge in [0.25, 0.3) is 0 Å². The van der Waals surface area contributed by atoms with Crippen molar-refractivity contribution in [2.45, 2.75) is 61.8 Å².